The summed E-state index contributed by atoms with van der Waals surface area (Å²) < 4.78 is 23.0. The Labute approximate surface area is 129 Å². The van der Waals surface area contributed by atoms with Crippen LogP contribution in [0.15, 0.2) is 17.0 Å². The fourth-order valence-corrected chi connectivity index (χ4v) is 4.10. The van der Waals surface area contributed by atoms with Gasteiger partial charge in [0.25, 0.3) is 0 Å². The van der Waals surface area contributed by atoms with Crippen LogP contribution in [0, 0.1) is 13.8 Å². The molecule has 1 aromatic rings. The molecule has 0 aromatic heterocycles. The number of nitrogens with two attached hydrogens (primary N) is 1. The summed E-state index contributed by atoms with van der Waals surface area (Å²) in [6.45, 7) is 3.65. The van der Waals surface area contributed by atoms with E-state index < -0.39 is 10.0 Å². The fraction of sp³-hybridized carbons (Fsp3) is 0.500. The number of sulfonamides is 1. The van der Waals surface area contributed by atoms with E-state index in [0.717, 1.165) is 36.1 Å². The van der Waals surface area contributed by atoms with Crippen LogP contribution in [0.25, 0.3) is 0 Å². The highest BCUT2D eigenvalue weighted by Crippen LogP contribution is 2.28. The number of hydrogen-bond donors (Lipinski definition) is 2. The quantitative estimate of drug-likeness (QED) is 0.890. The maximum absolute atomic E-state index is 12.3. The summed E-state index contributed by atoms with van der Waals surface area (Å²) in [5, 5.41) is 7.97. The predicted octanol–water partition coefficient (Wildman–Crippen LogP) is 2.18. The number of carbonyl (C=O) groups excluding carboxylic acids is 1. The minimum atomic E-state index is -3.78. The number of rotatable bonds is 3. The second-order valence-electron chi connectivity index (χ2n) is 5.30. The molecular formula is C14H20N2O3S2. The molecule has 1 atom stereocenters. The molecule has 0 aliphatic carbocycles. The third-order valence-electron chi connectivity index (χ3n) is 3.70. The van der Waals surface area contributed by atoms with Crippen LogP contribution in [0.4, 0.5) is 5.69 Å². The Bertz CT molecular complexity index is 650. The number of anilines is 1. The first-order valence-electron chi connectivity index (χ1n) is 6.85. The van der Waals surface area contributed by atoms with E-state index in [2.05, 4.69) is 5.32 Å². The van der Waals surface area contributed by atoms with Crippen LogP contribution in [-0.4, -0.2) is 25.3 Å². The molecule has 0 radical (unpaired) electrons. The lowest BCUT2D eigenvalue weighted by atomic mass is 10.1. The Morgan fingerprint density at radius 1 is 1.33 bits per heavy atom. The summed E-state index contributed by atoms with van der Waals surface area (Å²) in [4.78, 5) is 12.3. The third-order valence-corrected chi connectivity index (χ3v) is 5.97. The molecule has 1 fully saturated rings. The van der Waals surface area contributed by atoms with E-state index in [1.165, 1.54) is 12.1 Å². The summed E-state index contributed by atoms with van der Waals surface area (Å²) in [5.74, 6) is 0.932. The second kappa shape index (κ2) is 6.37. The van der Waals surface area contributed by atoms with Gasteiger partial charge in [-0.25, -0.2) is 13.6 Å². The van der Waals surface area contributed by atoms with E-state index >= 15 is 0 Å². The Morgan fingerprint density at radius 3 is 2.62 bits per heavy atom. The van der Waals surface area contributed by atoms with Crippen LogP contribution in [0.1, 0.15) is 30.4 Å². The monoisotopic (exact) mass is 328 g/mol. The average Bonchev–Trinajstić information content (AvgIpc) is 2.43. The number of benzene rings is 1. The lowest BCUT2D eigenvalue weighted by Crippen LogP contribution is -2.28. The Balaban J connectivity index is 2.26. The molecule has 1 unspecified atom stereocenters. The van der Waals surface area contributed by atoms with Crippen molar-refractivity contribution >= 4 is 33.4 Å². The maximum atomic E-state index is 12.3. The van der Waals surface area contributed by atoms with Crippen molar-refractivity contribution in [2.24, 2.45) is 5.14 Å². The lowest BCUT2D eigenvalue weighted by Gasteiger charge is -2.21. The van der Waals surface area contributed by atoms with E-state index in [-0.39, 0.29) is 16.1 Å². The smallest absolute Gasteiger partial charge is 0.238 e. The number of nitrogens with one attached hydrogen (secondary N) is 1. The first kappa shape index (κ1) is 16.3. The van der Waals surface area contributed by atoms with E-state index in [4.69, 9.17) is 5.14 Å². The van der Waals surface area contributed by atoms with Crippen molar-refractivity contribution in [1.29, 1.82) is 0 Å². The molecule has 3 N–H and O–H groups in total. The highest BCUT2D eigenvalue weighted by atomic mass is 32.2. The zero-order valence-electron chi connectivity index (χ0n) is 12.2. The van der Waals surface area contributed by atoms with E-state index in [1.54, 1.807) is 18.7 Å². The molecule has 0 bridgehead atoms. The zero-order chi connectivity index (χ0) is 15.6. The molecular weight excluding hydrogens is 308 g/mol. The van der Waals surface area contributed by atoms with Crippen molar-refractivity contribution < 1.29 is 13.2 Å². The molecule has 0 saturated carbocycles. The van der Waals surface area contributed by atoms with Gasteiger partial charge in [0.2, 0.25) is 15.9 Å². The molecule has 1 amide bonds. The topological polar surface area (TPSA) is 89.3 Å². The van der Waals surface area contributed by atoms with Crippen molar-refractivity contribution in [3.8, 4) is 0 Å². The minimum Gasteiger partial charge on any atom is -0.325 e. The maximum Gasteiger partial charge on any atom is 0.238 e. The minimum absolute atomic E-state index is 0.0252. The Morgan fingerprint density at radius 2 is 2.05 bits per heavy atom. The van der Waals surface area contributed by atoms with Crippen molar-refractivity contribution in [3.05, 3.63) is 23.3 Å². The molecule has 5 nitrogen and oxygen atoms in total. The number of hydrogen-bond acceptors (Lipinski definition) is 4. The van der Waals surface area contributed by atoms with Gasteiger partial charge in [0, 0.05) is 5.69 Å². The summed E-state index contributed by atoms with van der Waals surface area (Å²) >= 11 is 1.66. The molecule has 116 valence electrons. The normalized spacial score (nSPS) is 19.3. The van der Waals surface area contributed by atoms with Crippen LogP contribution < -0.4 is 10.5 Å². The van der Waals surface area contributed by atoms with Crippen molar-refractivity contribution in [3.63, 3.8) is 0 Å². The van der Waals surface area contributed by atoms with Crippen LogP contribution in [0.2, 0.25) is 0 Å². The molecule has 2 rings (SSSR count). The lowest BCUT2D eigenvalue weighted by molar-refractivity contribution is -0.115. The average molecular weight is 328 g/mol. The molecule has 1 aromatic carbocycles. The van der Waals surface area contributed by atoms with Gasteiger partial charge in [-0.2, -0.15) is 0 Å². The van der Waals surface area contributed by atoms with Crippen molar-refractivity contribution in [2.45, 2.75) is 43.3 Å². The molecule has 1 saturated heterocycles. The third kappa shape index (κ3) is 3.99. The van der Waals surface area contributed by atoms with Gasteiger partial charge in [0.05, 0.1) is 10.1 Å². The fourth-order valence-electron chi connectivity index (χ4n) is 2.28. The van der Waals surface area contributed by atoms with Crippen molar-refractivity contribution in [2.75, 3.05) is 11.1 Å². The molecule has 1 aliphatic heterocycles. The number of amides is 1. The SMILES string of the molecule is Cc1cc(S(N)(=O)=O)cc(NC(=O)C2CCCCS2)c1C. The Hall–Kier alpha value is -1.05. The first-order chi connectivity index (χ1) is 9.79. The largest absolute Gasteiger partial charge is 0.325 e. The number of carbonyl (C=O) groups is 1. The van der Waals surface area contributed by atoms with Gasteiger partial charge in [-0.3, -0.25) is 4.79 Å². The highest BCUT2D eigenvalue weighted by molar-refractivity contribution is 8.00. The van der Waals surface area contributed by atoms with Gasteiger partial charge in [0.15, 0.2) is 0 Å². The summed E-state index contributed by atoms with van der Waals surface area (Å²) in [5.41, 5.74) is 2.17. The van der Waals surface area contributed by atoms with Gasteiger partial charge >= 0.3 is 0 Å². The standard InChI is InChI=1S/C14H20N2O3S2/c1-9-7-11(21(15,18)19)8-12(10(9)2)16-14(17)13-5-3-4-6-20-13/h7-8,13H,3-6H2,1-2H3,(H,16,17)(H2,15,18,19). The van der Waals surface area contributed by atoms with Crippen molar-refractivity contribution in [1.82, 2.24) is 0 Å². The predicted molar refractivity (Wildman–Crippen MR) is 86.0 cm³/mol. The molecule has 1 aliphatic rings. The number of thioether (sulfide) groups is 1. The van der Waals surface area contributed by atoms with Gasteiger partial charge in [-0.05, 0) is 55.7 Å². The highest BCUT2D eigenvalue weighted by Gasteiger charge is 2.23. The molecule has 0 spiro atoms. The van der Waals surface area contributed by atoms with E-state index in [9.17, 15) is 13.2 Å². The van der Waals surface area contributed by atoms with Gasteiger partial charge in [-0.15, -0.1) is 11.8 Å². The van der Waals surface area contributed by atoms with Gasteiger partial charge in [0.1, 0.15) is 0 Å². The first-order valence-corrected chi connectivity index (χ1v) is 9.45. The number of primary sulfonamides is 1. The molecule has 1 heterocycles. The van der Waals surface area contributed by atoms with Crippen LogP contribution in [0.3, 0.4) is 0 Å². The number of aryl methyl sites for hydroxylation is 1. The van der Waals surface area contributed by atoms with Crippen LogP contribution >= 0.6 is 11.8 Å². The second-order valence-corrected chi connectivity index (χ2v) is 8.17. The Kier molecular flexibility index (Phi) is 4.95. The molecule has 7 heteroatoms. The van der Waals surface area contributed by atoms with Gasteiger partial charge in [-0.1, -0.05) is 6.42 Å². The van der Waals surface area contributed by atoms with Crippen LogP contribution in [0.5, 0.6) is 0 Å². The summed E-state index contributed by atoms with van der Waals surface area (Å²) in [7, 11) is -3.78. The van der Waals surface area contributed by atoms with E-state index in [0.29, 0.717) is 5.69 Å². The summed E-state index contributed by atoms with van der Waals surface area (Å²) in [6.07, 6.45) is 3.07. The zero-order valence-corrected chi connectivity index (χ0v) is 13.8. The molecule has 21 heavy (non-hydrogen) atoms. The van der Waals surface area contributed by atoms with Crippen LogP contribution in [-0.2, 0) is 14.8 Å². The van der Waals surface area contributed by atoms with Gasteiger partial charge < -0.3 is 5.32 Å². The van der Waals surface area contributed by atoms with E-state index in [1.807, 2.05) is 6.92 Å². The summed E-state index contributed by atoms with van der Waals surface area (Å²) in [6, 6.07) is 2.96.